The van der Waals surface area contributed by atoms with E-state index in [2.05, 4.69) is 15.7 Å². The minimum Gasteiger partial charge on any atom is -0.324 e. The van der Waals surface area contributed by atoms with Gasteiger partial charge < -0.3 is 10.7 Å². The number of carbonyl (C=O) groups excluding carboxylic acids is 1. The summed E-state index contributed by atoms with van der Waals surface area (Å²) in [5.41, 5.74) is 3.42. The van der Waals surface area contributed by atoms with E-state index in [0.717, 1.165) is 0 Å². The number of hydrazine groups is 1. The molecule has 2 aromatic rings. The van der Waals surface area contributed by atoms with E-state index in [4.69, 9.17) is 40.6 Å². The van der Waals surface area contributed by atoms with Crippen LogP contribution in [0.5, 0.6) is 0 Å². The van der Waals surface area contributed by atoms with E-state index < -0.39 is 5.91 Å². The van der Waals surface area contributed by atoms with E-state index in [-0.39, 0.29) is 21.4 Å². The molecule has 0 aliphatic rings. The number of anilines is 2. The standard InChI is InChI=1S/C12H9Cl3N4O/c13-6-3-8(14)11(9(15)4-6)18-12(20)10-5-7(19-16)1-2-17-10/h1-5H,16H2,(H,17,19)(H,18,20). The zero-order chi connectivity index (χ0) is 14.7. The number of rotatable bonds is 3. The number of nitrogens with one attached hydrogen (secondary N) is 2. The van der Waals surface area contributed by atoms with Crippen LogP contribution in [-0.4, -0.2) is 10.9 Å². The molecule has 20 heavy (non-hydrogen) atoms. The molecule has 1 heterocycles. The highest BCUT2D eigenvalue weighted by Gasteiger charge is 2.14. The summed E-state index contributed by atoms with van der Waals surface area (Å²) in [4.78, 5) is 16.0. The lowest BCUT2D eigenvalue weighted by molar-refractivity contribution is 0.102. The fraction of sp³-hybridized carbons (Fsp3) is 0. The van der Waals surface area contributed by atoms with E-state index >= 15 is 0 Å². The molecule has 2 rings (SSSR count). The molecule has 1 aromatic heterocycles. The minimum atomic E-state index is -0.465. The average molecular weight is 332 g/mol. The molecule has 4 N–H and O–H groups in total. The van der Waals surface area contributed by atoms with Crippen molar-refractivity contribution >= 4 is 52.1 Å². The van der Waals surface area contributed by atoms with Gasteiger partial charge in [-0.05, 0) is 24.3 Å². The smallest absolute Gasteiger partial charge is 0.274 e. The van der Waals surface area contributed by atoms with Gasteiger partial charge in [0.25, 0.3) is 5.91 Å². The number of hydrogen-bond donors (Lipinski definition) is 3. The van der Waals surface area contributed by atoms with Crippen LogP contribution in [0.3, 0.4) is 0 Å². The molecular weight excluding hydrogens is 323 g/mol. The van der Waals surface area contributed by atoms with Crippen molar-refractivity contribution in [3.05, 3.63) is 51.2 Å². The number of carbonyl (C=O) groups is 1. The van der Waals surface area contributed by atoms with Crippen LogP contribution >= 0.6 is 34.8 Å². The van der Waals surface area contributed by atoms with E-state index in [9.17, 15) is 4.79 Å². The maximum Gasteiger partial charge on any atom is 0.274 e. The molecule has 5 nitrogen and oxygen atoms in total. The molecular formula is C12H9Cl3N4O. The third-order valence-corrected chi connectivity index (χ3v) is 3.22. The molecule has 1 amide bonds. The van der Waals surface area contributed by atoms with Crippen LogP contribution in [0.1, 0.15) is 10.5 Å². The average Bonchev–Trinajstić information content (AvgIpc) is 2.42. The zero-order valence-electron chi connectivity index (χ0n) is 9.95. The Balaban J connectivity index is 2.28. The minimum absolute atomic E-state index is 0.169. The van der Waals surface area contributed by atoms with Gasteiger partial charge in [0.2, 0.25) is 0 Å². The molecule has 0 fully saturated rings. The van der Waals surface area contributed by atoms with Crippen molar-refractivity contribution in [2.45, 2.75) is 0 Å². The predicted octanol–water partition coefficient (Wildman–Crippen LogP) is 3.58. The Morgan fingerprint density at radius 2 is 1.80 bits per heavy atom. The zero-order valence-corrected chi connectivity index (χ0v) is 12.2. The van der Waals surface area contributed by atoms with Crippen LogP contribution in [-0.2, 0) is 0 Å². The van der Waals surface area contributed by atoms with Crippen LogP contribution in [0.4, 0.5) is 11.4 Å². The Labute approximate surface area is 130 Å². The second kappa shape index (κ2) is 6.28. The third kappa shape index (κ3) is 3.32. The second-order valence-electron chi connectivity index (χ2n) is 3.77. The summed E-state index contributed by atoms with van der Waals surface area (Å²) < 4.78 is 0. The van der Waals surface area contributed by atoms with Gasteiger partial charge in [-0.1, -0.05) is 34.8 Å². The Morgan fingerprint density at radius 1 is 1.15 bits per heavy atom. The van der Waals surface area contributed by atoms with Crippen LogP contribution in [0, 0.1) is 0 Å². The molecule has 0 aliphatic heterocycles. The van der Waals surface area contributed by atoms with Crippen LogP contribution in [0.25, 0.3) is 0 Å². The number of amides is 1. The molecule has 0 atom stereocenters. The predicted molar refractivity (Wildman–Crippen MR) is 81.5 cm³/mol. The number of benzene rings is 1. The lowest BCUT2D eigenvalue weighted by Gasteiger charge is -2.10. The van der Waals surface area contributed by atoms with Crippen LogP contribution in [0.15, 0.2) is 30.5 Å². The first kappa shape index (κ1) is 14.9. The largest absolute Gasteiger partial charge is 0.324 e. The first-order valence-electron chi connectivity index (χ1n) is 5.40. The summed E-state index contributed by atoms with van der Waals surface area (Å²) in [7, 11) is 0. The summed E-state index contributed by atoms with van der Waals surface area (Å²) in [5, 5.41) is 3.44. The fourth-order valence-corrected chi connectivity index (χ4v) is 2.40. The highest BCUT2D eigenvalue weighted by atomic mass is 35.5. The number of halogens is 3. The molecule has 0 aliphatic carbocycles. The quantitative estimate of drug-likeness (QED) is 0.593. The summed E-state index contributed by atoms with van der Waals surface area (Å²) in [6.45, 7) is 0. The van der Waals surface area contributed by atoms with Gasteiger partial charge in [-0.15, -0.1) is 0 Å². The number of hydrogen-bond acceptors (Lipinski definition) is 4. The highest BCUT2D eigenvalue weighted by molar-refractivity contribution is 6.42. The van der Waals surface area contributed by atoms with E-state index in [0.29, 0.717) is 10.7 Å². The summed E-state index contributed by atoms with van der Waals surface area (Å²) in [6, 6.07) is 6.08. The Kier molecular flexibility index (Phi) is 4.67. The first-order chi connectivity index (χ1) is 9.51. The molecule has 1 aromatic carbocycles. The van der Waals surface area contributed by atoms with Crippen molar-refractivity contribution in [2.24, 2.45) is 5.84 Å². The van der Waals surface area contributed by atoms with Gasteiger partial charge >= 0.3 is 0 Å². The van der Waals surface area contributed by atoms with Crippen molar-refractivity contribution in [3.63, 3.8) is 0 Å². The maximum atomic E-state index is 12.1. The van der Waals surface area contributed by atoms with Gasteiger partial charge in [0.1, 0.15) is 5.69 Å². The van der Waals surface area contributed by atoms with Gasteiger partial charge in [0, 0.05) is 11.2 Å². The van der Waals surface area contributed by atoms with Crippen LogP contribution < -0.4 is 16.6 Å². The molecule has 0 unspecified atom stereocenters. The normalized spacial score (nSPS) is 10.2. The summed E-state index contributed by atoms with van der Waals surface area (Å²) >= 11 is 17.8. The number of nitrogens with two attached hydrogens (primary N) is 1. The lowest BCUT2D eigenvalue weighted by atomic mass is 10.2. The van der Waals surface area contributed by atoms with Gasteiger partial charge in [-0.25, -0.2) is 0 Å². The van der Waals surface area contributed by atoms with Crippen molar-refractivity contribution in [2.75, 3.05) is 10.7 Å². The third-order valence-electron chi connectivity index (χ3n) is 2.40. The second-order valence-corrected chi connectivity index (χ2v) is 5.02. The Bertz CT molecular complexity index is 640. The molecule has 0 spiro atoms. The van der Waals surface area contributed by atoms with Gasteiger partial charge in [0.15, 0.2) is 0 Å². The number of aromatic nitrogens is 1. The van der Waals surface area contributed by atoms with E-state index in [1.165, 1.54) is 24.4 Å². The van der Waals surface area contributed by atoms with E-state index in [1.807, 2.05) is 0 Å². The molecule has 8 heteroatoms. The monoisotopic (exact) mass is 330 g/mol. The van der Waals surface area contributed by atoms with Crippen molar-refractivity contribution < 1.29 is 4.79 Å². The Morgan fingerprint density at radius 3 is 2.40 bits per heavy atom. The number of pyridine rings is 1. The van der Waals surface area contributed by atoms with Crippen molar-refractivity contribution in [1.82, 2.24) is 4.98 Å². The molecule has 0 bridgehead atoms. The topological polar surface area (TPSA) is 80.0 Å². The highest BCUT2D eigenvalue weighted by Crippen LogP contribution is 2.33. The molecule has 0 saturated heterocycles. The molecule has 0 radical (unpaired) electrons. The van der Waals surface area contributed by atoms with Gasteiger partial charge in [-0.3, -0.25) is 15.6 Å². The first-order valence-corrected chi connectivity index (χ1v) is 6.53. The maximum absolute atomic E-state index is 12.1. The Hall–Kier alpha value is -1.53. The van der Waals surface area contributed by atoms with Gasteiger partial charge in [-0.2, -0.15) is 0 Å². The SMILES string of the molecule is NNc1ccnc(C(=O)Nc2c(Cl)cc(Cl)cc2Cl)c1. The lowest BCUT2D eigenvalue weighted by Crippen LogP contribution is -2.15. The molecule has 104 valence electrons. The molecule has 0 saturated carbocycles. The van der Waals surface area contributed by atoms with Crippen molar-refractivity contribution in [3.8, 4) is 0 Å². The summed E-state index contributed by atoms with van der Waals surface area (Å²) in [6.07, 6.45) is 1.45. The van der Waals surface area contributed by atoms with E-state index in [1.54, 1.807) is 6.07 Å². The van der Waals surface area contributed by atoms with Crippen molar-refractivity contribution in [1.29, 1.82) is 0 Å². The number of nitrogen functional groups attached to an aromatic ring is 1. The van der Waals surface area contributed by atoms with Gasteiger partial charge in [0.05, 0.1) is 21.4 Å². The summed E-state index contributed by atoms with van der Waals surface area (Å²) in [5.74, 6) is 4.81. The van der Waals surface area contributed by atoms with Crippen LogP contribution in [0.2, 0.25) is 15.1 Å². The number of nitrogens with zero attached hydrogens (tertiary/aromatic N) is 1. The fourth-order valence-electron chi connectivity index (χ4n) is 1.48.